The molecule has 0 unspecified atom stereocenters. The molecule has 1 fully saturated rings. The number of rotatable bonds is 5. The van der Waals surface area contributed by atoms with Gasteiger partial charge in [-0.15, -0.1) is 0 Å². The Bertz CT molecular complexity index is 1040. The molecule has 1 aromatic carbocycles. The van der Waals surface area contributed by atoms with Crippen molar-refractivity contribution in [2.45, 2.75) is 11.8 Å². The summed E-state index contributed by atoms with van der Waals surface area (Å²) in [5.41, 5.74) is 3.59. The number of hydroxylamine groups is 1. The number of halogens is 1. The number of aromatic nitrogens is 2. The van der Waals surface area contributed by atoms with Gasteiger partial charge in [0.2, 0.25) is 10.0 Å². The summed E-state index contributed by atoms with van der Waals surface area (Å²) in [4.78, 5) is 13.4. The minimum Gasteiger partial charge on any atom is -0.368 e. The quantitative estimate of drug-likeness (QED) is 0.414. The molecule has 0 aliphatic carbocycles. The van der Waals surface area contributed by atoms with E-state index in [-0.39, 0.29) is 10.0 Å². The number of nitrogens with zero attached hydrogens (tertiary/aromatic N) is 4. The molecule has 0 spiro atoms. The number of benzene rings is 1. The zero-order valence-electron chi connectivity index (χ0n) is 16.0. The summed E-state index contributed by atoms with van der Waals surface area (Å²) in [5, 5.41) is 12.8. The summed E-state index contributed by atoms with van der Waals surface area (Å²) < 4.78 is 28.9. The Morgan fingerprint density at radius 3 is 2.48 bits per heavy atom. The number of hydrogen-bond acceptors (Lipinski definition) is 6. The van der Waals surface area contributed by atoms with Gasteiger partial charge in [-0.1, -0.05) is 29.8 Å². The van der Waals surface area contributed by atoms with E-state index < -0.39 is 15.9 Å². The van der Waals surface area contributed by atoms with Crippen LogP contribution in [0.4, 0.5) is 5.69 Å². The molecule has 0 atom stereocenters. The Hall–Kier alpha value is -2.40. The van der Waals surface area contributed by atoms with Gasteiger partial charge < -0.3 is 4.90 Å². The van der Waals surface area contributed by atoms with Crippen molar-refractivity contribution in [2.75, 3.05) is 31.1 Å². The van der Waals surface area contributed by atoms with Crippen molar-refractivity contribution < 1.29 is 18.4 Å². The molecule has 2 N–H and O–H groups in total. The predicted octanol–water partition coefficient (Wildman–Crippen LogP) is 1.41. The maximum absolute atomic E-state index is 13.1. The lowest BCUT2D eigenvalue weighted by Gasteiger charge is -2.36. The number of carbonyl (C=O) groups is 1. The van der Waals surface area contributed by atoms with E-state index in [1.165, 1.54) is 15.1 Å². The summed E-state index contributed by atoms with van der Waals surface area (Å²) in [5.74, 6) is -0.626. The maximum atomic E-state index is 13.1. The van der Waals surface area contributed by atoms with Crippen molar-refractivity contribution >= 4 is 39.3 Å². The number of para-hydroxylation sites is 1. The summed E-state index contributed by atoms with van der Waals surface area (Å²) in [6.45, 7) is 3.17. The summed E-state index contributed by atoms with van der Waals surface area (Å²) >= 11 is 6.16. The fourth-order valence-corrected chi connectivity index (χ4v) is 5.45. The van der Waals surface area contributed by atoms with Crippen LogP contribution in [0.15, 0.2) is 35.2 Å². The molecule has 29 heavy (non-hydrogen) atoms. The fraction of sp³-hybridized carbons (Fsp3) is 0.333. The van der Waals surface area contributed by atoms with Gasteiger partial charge in [0.25, 0.3) is 5.91 Å². The third kappa shape index (κ3) is 4.30. The number of anilines is 1. The molecular weight excluding hydrogens is 418 g/mol. The topological polar surface area (TPSA) is 108 Å². The van der Waals surface area contributed by atoms with Crippen LogP contribution >= 0.6 is 11.6 Å². The average molecular weight is 440 g/mol. The van der Waals surface area contributed by atoms with E-state index in [0.29, 0.717) is 31.9 Å². The molecule has 9 nitrogen and oxygen atoms in total. The lowest BCUT2D eigenvalue weighted by Crippen LogP contribution is -2.49. The first-order valence-electron chi connectivity index (χ1n) is 8.91. The number of sulfonamides is 1. The Labute approximate surface area is 174 Å². The lowest BCUT2D eigenvalue weighted by atomic mass is 10.1. The Morgan fingerprint density at radius 1 is 1.24 bits per heavy atom. The molecule has 0 saturated carbocycles. The van der Waals surface area contributed by atoms with Gasteiger partial charge in [0.15, 0.2) is 0 Å². The van der Waals surface area contributed by atoms with Crippen molar-refractivity contribution in [1.82, 2.24) is 19.6 Å². The van der Waals surface area contributed by atoms with Crippen LogP contribution in [0, 0.1) is 6.92 Å². The molecule has 1 saturated heterocycles. The number of nitrogens with one attached hydrogen (secondary N) is 1. The molecule has 0 bridgehead atoms. The summed E-state index contributed by atoms with van der Waals surface area (Å²) in [6, 6.07) is 7.47. The van der Waals surface area contributed by atoms with Crippen LogP contribution in [0.3, 0.4) is 0 Å². The highest BCUT2D eigenvalue weighted by Gasteiger charge is 2.33. The van der Waals surface area contributed by atoms with E-state index in [1.54, 1.807) is 25.5 Å². The highest BCUT2D eigenvalue weighted by Crippen LogP contribution is 2.29. The fourth-order valence-electron chi connectivity index (χ4n) is 3.32. The largest absolute Gasteiger partial charge is 0.368 e. The number of aryl methyl sites for hydroxylation is 2. The van der Waals surface area contributed by atoms with Gasteiger partial charge in [-0.3, -0.25) is 14.7 Å². The first-order valence-corrected chi connectivity index (χ1v) is 10.7. The van der Waals surface area contributed by atoms with E-state index >= 15 is 0 Å². The molecule has 1 aromatic heterocycles. The number of hydrogen-bond donors (Lipinski definition) is 2. The second-order valence-corrected chi connectivity index (χ2v) is 8.82. The second-order valence-electron chi connectivity index (χ2n) is 6.59. The van der Waals surface area contributed by atoms with E-state index in [1.807, 2.05) is 24.3 Å². The highest BCUT2D eigenvalue weighted by molar-refractivity contribution is 7.89. The minimum absolute atomic E-state index is 0.0495. The monoisotopic (exact) mass is 439 g/mol. The van der Waals surface area contributed by atoms with Crippen LogP contribution in [-0.4, -0.2) is 59.8 Å². The third-order valence-corrected chi connectivity index (χ3v) is 7.33. The van der Waals surface area contributed by atoms with E-state index in [0.717, 1.165) is 11.3 Å². The minimum atomic E-state index is -3.75. The molecular formula is C18H22ClN5O4S. The predicted molar refractivity (Wildman–Crippen MR) is 109 cm³/mol. The zero-order valence-corrected chi connectivity index (χ0v) is 17.6. The zero-order chi connectivity index (χ0) is 21.2. The molecule has 1 aliphatic heterocycles. The van der Waals surface area contributed by atoms with Gasteiger partial charge in [-0.25, -0.2) is 13.9 Å². The van der Waals surface area contributed by atoms with Gasteiger partial charge in [0.1, 0.15) is 10.0 Å². The molecule has 11 heteroatoms. The molecule has 1 amide bonds. The van der Waals surface area contributed by atoms with Crippen LogP contribution in [-0.2, 0) is 21.9 Å². The number of piperazine rings is 1. The molecule has 2 aromatic rings. The van der Waals surface area contributed by atoms with Gasteiger partial charge in [-0.2, -0.15) is 9.40 Å². The first-order chi connectivity index (χ1) is 13.8. The van der Waals surface area contributed by atoms with Crippen LogP contribution in [0.1, 0.15) is 11.3 Å². The number of amides is 1. The molecule has 156 valence electrons. The van der Waals surface area contributed by atoms with Gasteiger partial charge in [-0.05, 0) is 24.6 Å². The Kier molecular flexibility index (Phi) is 6.27. The smallest absolute Gasteiger partial charge is 0.267 e. The van der Waals surface area contributed by atoms with Gasteiger partial charge >= 0.3 is 0 Å². The van der Waals surface area contributed by atoms with Crippen LogP contribution in [0.5, 0.6) is 0 Å². The molecule has 1 aliphatic rings. The average Bonchev–Trinajstić information content (AvgIpc) is 2.98. The lowest BCUT2D eigenvalue weighted by molar-refractivity contribution is -0.124. The number of carbonyl (C=O) groups excluding carboxylic acids is 1. The van der Waals surface area contributed by atoms with E-state index in [2.05, 4.69) is 10.00 Å². The molecule has 2 heterocycles. The summed E-state index contributed by atoms with van der Waals surface area (Å²) in [6.07, 6.45) is 2.83. The standard InChI is InChI=1S/C18H22ClN5O4S/c1-13-17(18(19)22(2)20-13)29(27,28)24-11-9-23(10-12-24)15-6-4-3-5-14(15)7-8-16(25)21-26/h3-8,26H,9-12H2,1-2H3,(H,21,25). The Balaban J connectivity index is 1.78. The third-order valence-electron chi connectivity index (χ3n) is 4.74. The summed E-state index contributed by atoms with van der Waals surface area (Å²) in [7, 11) is -2.14. The molecule has 0 radical (unpaired) electrons. The SMILES string of the molecule is Cc1nn(C)c(Cl)c1S(=O)(=O)N1CCN(c2ccccc2C=CC(=O)NO)CC1. The van der Waals surface area contributed by atoms with Gasteiger partial charge in [0, 0.05) is 45.0 Å². The van der Waals surface area contributed by atoms with Crippen molar-refractivity contribution in [2.24, 2.45) is 7.05 Å². The van der Waals surface area contributed by atoms with Crippen molar-refractivity contribution in [3.05, 3.63) is 46.8 Å². The van der Waals surface area contributed by atoms with Crippen molar-refractivity contribution in [1.29, 1.82) is 0 Å². The molecule has 3 rings (SSSR count). The van der Waals surface area contributed by atoms with Crippen molar-refractivity contribution in [3.63, 3.8) is 0 Å². The maximum Gasteiger partial charge on any atom is 0.267 e. The first kappa shape index (κ1) is 21.3. The van der Waals surface area contributed by atoms with Crippen LogP contribution in [0.2, 0.25) is 5.15 Å². The van der Waals surface area contributed by atoms with Crippen LogP contribution < -0.4 is 10.4 Å². The van der Waals surface area contributed by atoms with Gasteiger partial charge in [0.05, 0.1) is 5.69 Å². The van der Waals surface area contributed by atoms with E-state index in [9.17, 15) is 13.2 Å². The highest BCUT2D eigenvalue weighted by atomic mass is 35.5. The van der Waals surface area contributed by atoms with Crippen LogP contribution in [0.25, 0.3) is 6.08 Å². The Morgan fingerprint density at radius 2 is 1.90 bits per heavy atom. The van der Waals surface area contributed by atoms with Crippen molar-refractivity contribution in [3.8, 4) is 0 Å². The second kappa shape index (κ2) is 8.54. The van der Waals surface area contributed by atoms with E-state index in [4.69, 9.17) is 16.8 Å². The normalized spacial score (nSPS) is 15.8.